The second-order valence-corrected chi connectivity index (χ2v) is 6.60. The lowest BCUT2D eigenvalue weighted by atomic mass is 10.2. The van der Waals surface area contributed by atoms with E-state index in [1.54, 1.807) is 23.8 Å². The second-order valence-electron chi connectivity index (χ2n) is 5.57. The van der Waals surface area contributed by atoms with Crippen LogP contribution in [0.25, 0.3) is 21.1 Å². The first-order chi connectivity index (χ1) is 12.1. The van der Waals surface area contributed by atoms with Gasteiger partial charge in [0, 0.05) is 12.4 Å². The largest absolute Gasteiger partial charge is 0.496 e. The molecule has 2 heterocycles. The van der Waals surface area contributed by atoms with Gasteiger partial charge < -0.3 is 9.30 Å². The van der Waals surface area contributed by atoms with Crippen molar-refractivity contribution < 1.29 is 13.9 Å². The molecule has 0 spiro atoms. The standard InChI is InChI=1S/C18H14FN3O2S/c1-22-13-4-3-5-15(24-2)11(13)9-14(22)17(23)21-18-20-12-7-6-10(19)8-16(12)25-18/h3-9H,1-2H3,(H,20,21,23). The molecular weight excluding hydrogens is 341 g/mol. The summed E-state index contributed by atoms with van der Waals surface area (Å²) in [6, 6.07) is 11.8. The van der Waals surface area contributed by atoms with Crippen LogP contribution in [0.5, 0.6) is 5.75 Å². The topological polar surface area (TPSA) is 56.1 Å². The molecule has 7 heteroatoms. The van der Waals surface area contributed by atoms with Crippen LogP contribution < -0.4 is 10.1 Å². The molecule has 25 heavy (non-hydrogen) atoms. The van der Waals surface area contributed by atoms with Crippen LogP contribution in [0.4, 0.5) is 9.52 Å². The van der Waals surface area contributed by atoms with Gasteiger partial charge in [-0.15, -0.1) is 0 Å². The van der Waals surface area contributed by atoms with Gasteiger partial charge in [-0.3, -0.25) is 10.1 Å². The fourth-order valence-corrected chi connectivity index (χ4v) is 3.73. The van der Waals surface area contributed by atoms with Crippen LogP contribution in [0.1, 0.15) is 10.5 Å². The van der Waals surface area contributed by atoms with Crippen LogP contribution in [0.15, 0.2) is 42.5 Å². The fourth-order valence-electron chi connectivity index (χ4n) is 2.84. The maximum Gasteiger partial charge on any atom is 0.274 e. The SMILES string of the molecule is COc1cccc2c1cc(C(=O)Nc1nc3ccc(F)cc3s1)n2C. The third-order valence-electron chi connectivity index (χ3n) is 4.07. The van der Waals surface area contributed by atoms with E-state index in [9.17, 15) is 9.18 Å². The van der Waals surface area contributed by atoms with Gasteiger partial charge in [-0.05, 0) is 36.4 Å². The number of nitrogens with zero attached hydrogens (tertiary/aromatic N) is 2. The smallest absolute Gasteiger partial charge is 0.274 e. The van der Waals surface area contributed by atoms with E-state index in [4.69, 9.17) is 4.74 Å². The van der Waals surface area contributed by atoms with Crippen LogP contribution in [0.3, 0.4) is 0 Å². The Labute approximate surface area is 146 Å². The number of ether oxygens (including phenoxy) is 1. The quantitative estimate of drug-likeness (QED) is 0.600. The number of rotatable bonds is 3. The molecule has 2 aromatic heterocycles. The number of aryl methyl sites for hydroxylation is 1. The third-order valence-corrected chi connectivity index (χ3v) is 5.00. The van der Waals surface area contributed by atoms with Crippen molar-refractivity contribution in [3.05, 3.63) is 54.0 Å². The molecule has 0 bridgehead atoms. The predicted octanol–water partition coefficient (Wildman–Crippen LogP) is 4.19. The molecule has 126 valence electrons. The van der Waals surface area contributed by atoms with Crippen LogP contribution in [-0.2, 0) is 7.05 Å². The number of amides is 1. The first-order valence-corrected chi connectivity index (χ1v) is 8.38. The zero-order chi connectivity index (χ0) is 17.6. The number of aromatic nitrogens is 2. The third kappa shape index (κ3) is 2.62. The Bertz CT molecular complexity index is 1120. The van der Waals surface area contributed by atoms with Gasteiger partial charge in [0.15, 0.2) is 5.13 Å². The molecule has 5 nitrogen and oxygen atoms in total. The molecule has 0 atom stereocenters. The predicted molar refractivity (Wildman–Crippen MR) is 97.0 cm³/mol. The lowest BCUT2D eigenvalue weighted by Gasteiger charge is -2.04. The van der Waals surface area contributed by atoms with Crippen molar-refractivity contribution in [2.24, 2.45) is 7.05 Å². The second kappa shape index (κ2) is 5.86. The van der Waals surface area contributed by atoms with Crippen molar-refractivity contribution in [2.45, 2.75) is 0 Å². The Morgan fingerprint density at radius 3 is 2.92 bits per heavy atom. The minimum atomic E-state index is -0.324. The van der Waals surface area contributed by atoms with Crippen LogP contribution in [0.2, 0.25) is 0 Å². The Morgan fingerprint density at radius 1 is 1.28 bits per heavy atom. The number of hydrogen-bond donors (Lipinski definition) is 1. The Hall–Kier alpha value is -2.93. The molecule has 1 N–H and O–H groups in total. The summed E-state index contributed by atoms with van der Waals surface area (Å²) in [6.07, 6.45) is 0. The van der Waals surface area contributed by atoms with E-state index in [-0.39, 0.29) is 11.7 Å². The molecule has 0 saturated carbocycles. The molecule has 0 fully saturated rings. The summed E-state index contributed by atoms with van der Waals surface area (Å²) in [6.45, 7) is 0. The Balaban J connectivity index is 1.70. The van der Waals surface area contributed by atoms with Gasteiger partial charge in [-0.2, -0.15) is 0 Å². The zero-order valence-corrected chi connectivity index (χ0v) is 14.4. The number of methoxy groups -OCH3 is 1. The Kier molecular flexibility index (Phi) is 3.65. The molecular formula is C18H14FN3O2S. The van der Waals surface area contributed by atoms with E-state index >= 15 is 0 Å². The fraction of sp³-hybridized carbons (Fsp3) is 0.111. The maximum absolute atomic E-state index is 13.3. The summed E-state index contributed by atoms with van der Waals surface area (Å²) in [5.41, 5.74) is 2.04. The number of carbonyl (C=O) groups excluding carboxylic acids is 1. The van der Waals surface area contributed by atoms with Crippen molar-refractivity contribution in [3.63, 3.8) is 0 Å². The highest BCUT2D eigenvalue weighted by Gasteiger charge is 2.17. The van der Waals surface area contributed by atoms with E-state index in [0.717, 1.165) is 10.9 Å². The van der Waals surface area contributed by atoms with E-state index in [2.05, 4.69) is 10.3 Å². The molecule has 0 aliphatic carbocycles. The van der Waals surface area contributed by atoms with Gasteiger partial charge in [-0.25, -0.2) is 9.37 Å². The van der Waals surface area contributed by atoms with E-state index in [0.29, 0.717) is 26.8 Å². The summed E-state index contributed by atoms with van der Waals surface area (Å²) in [5, 5.41) is 4.09. The number of thiazole rings is 1. The summed E-state index contributed by atoms with van der Waals surface area (Å²) in [4.78, 5) is 17.0. The molecule has 0 aliphatic rings. The molecule has 0 aliphatic heterocycles. The van der Waals surface area contributed by atoms with Crippen LogP contribution in [-0.4, -0.2) is 22.6 Å². The minimum absolute atomic E-state index is 0.278. The molecule has 0 radical (unpaired) electrons. The summed E-state index contributed by atoms with van der Waals surface area (Å²) in [5.74, 6) is 0.109. The Morgan fingerprint density at radius 2 is 2.12 bits per heavy atom. The average Bonchev–Trinajstić information content (AvgIpc) is 3.15. The minimum Gasteiger partial charge on any atom is -0.496 e. The lowest BCUT2D eigenvalue weighted by molar-refractivity contribution is 0.102. The molecule has 4 rings (SSSR count). The number of anilines is 1. The monoisotopic (exact) mass is 355 g/mol. The van der Waals surface area contributed by atoms with Gasteiger partial charge in [0.1, 0.15) is 17.3 Å². The van der Waals surface area contributed by atoms with E-state index in [1.165, 1.54) is 23.5 Å². The highest BCUT2D eigenvalue weighted by molar-refractivity contribution is 7.22. The molecule has 1 amide bonds. The van der Waals surface area contributed by atoms with Gasteiger partial charge in [0.25, 0.3) is 5.91 Å². The number of hydrogen-bond acceptors (Lipinski definition) is 4. The van der Waals surface area contributed by atoms with Crippen LogP contribution >= 0.6 is 11.3 Å². The number of halogens is 1. The molecule has 2 aromatic carbocycles. The highest BCUT2D eigenvalue weighted by Crippen LogP contribution is 2.30. The van der Waals surface area contributed by atoms with Crippen molar-refractivity contribution in [3.8, 4) is 5.75 Å². The maximum atomic E-state index is 13.3. The normalized spacial score (nSPS) is 11.2. The highest BCUT2D eigenvalue weighted by atomic mass is 32.1. The first-order valence-electron chi connectivity index (χ1n) is 7.56. The van der Waals surface area contributed by atoms with Crippen molar-refractivity contribution in [1.82, 2.24) is 9.55 Å². The van der Waals surface area contributed by atoms with Gasteiger partial charge >= 0.3 is 0 Å². The number of carbonyl (C=O) groups is 1. The molecule has 0 saturated heterocycles. The summed E-state index contributed by atoms with van der Waals surface area (Å²) >= 11 is 1.24. The van der Waals surface area contributed by atoms with Gasteiger partial charge in [-0.1, -0.05) is 17.4 Å². The number of nitrogens with one attached hydrogen (secondary N) is 1. The number of benzene rings is 2. The summed E-state index contributed by atoms with van der Waals surface area (Å²) in [7, 11) is 3.42. The lowest BCUT2D eigenvalue weighted by Crippen LogP contribution is -2.15. The van der Waals surface area contributed by atoms with Crippen LogP contribution in [0, 0.1) is 5.82 Å². The van der Waals surface area contributed by atoms with E-state index < -0.39 is 0 Å². The van der Waals surface area contributed by atoms with Gasteiger partial charge in [0.05, 0.1) is 22.8 Å². The average molecular weight is 355 g/mol. The van der Waals surface area contributed by atoms with Crippen molar-refractivity contribution in [1.29, 1.82) is 0 Å². The van der Waals surface area contributed by atoms with E-state index in [1.807, 2.05) is 25.2 Å². The first kappa shape index (κ1) is 15.6. The summed E-state index contributed by atoms with van der Waals surface area (Å²) < 4.78 is 21.1. The van der Waals surface area contributed by atoms with Crippen molar-refractivity contribution >= 4 is 43.5 Å². The molecule has 0 unspecified atom stereocenters. The molecule has 4 aromatic rings. The van der Waals surface area contributed by atoms with Crippen molar-refractivity contribution in [2.75, 3.05) is 12.4 Å². The number of fused-ring (bicyclic) bond motifs is 2. The van der Waals surface area contributed by atoms with Gasteiger partial charge in [0.2, 0.25) is 0 Å². The zero-order valence-electron chi connectivity index (χ0n) is 13.5.